The summed E-state index contributed by atoms with van der Waals surface area (Å²) in [5.41, 5.74) is 3.91. The van der Waals surface area contributed by atoms with E-state index in [2.05, 4.69) is 39.5 Å². The van der Waals surface area contributed by atoms with Crippen LogP contribution < -0.4 is 5.32 Å². The van der Waals surface area contributed by atoms with Gasteiger partial charge in [-0.1, -0.05) is 36.4 Å². The molecule has 0 saturated carbocycles. The van der Waals surface area contributed by atoms with Crippen LogP contribution in [0, 0.1) is 5.82 Å². The van der Waals surface area contributed by atoms with Crippen LogP contribution in [-0.4, -0.2) is 44.2 Å². The van der Waals surface area contributed by atoms with Gasteiger partial charge in [0.15, 0.2) is 5.96 Å². The van der Waals surface area contributed by atoms with Crippen molar-refractivity contribution >= 4 is 29.9 Å². The summed E-state index contributed by atoms with van der Waals surface area (Å²) in [7, 11) is 1.84. The molecule has 156 valence electrons. The molecule has 0 bridgehead atoms. The maximum Gasteiger partial charge on any atom is 0.193 e. The van der Waals surface area contributed by atoms with Crippen molar-refractivity contribution in [1.29, 1.82) is 0 Å². The first kappa shape index (κ1) is 22.0. The van der Waals surface area contributed by atoms with Gasteiger partial charge in [-0.3, -0.25) is 4.99 Å². The molecule has 2 aromatic carbocycles. The van der Waals surface area contributed by atoms with E-state index in [1.54, 1.807) is 12.1 Å². The summed E-state index contributed by atoms with van der Waals surface area (Å²) in [5.74, 6) is 0.740. The summed E-state index contributed by atoms with van der Waals surface area (Å²) in [6.45, 7) is 4.07. The Hall–Kier alpha value is -1.67. The first-order valence-electron chi connectivity index (χ1n) is 10.1. The van der Waals surface area contributed by atoms with E-state index < -0.39 is 0 Å². The van der Waals surface area contributed by atoms with Gasteiger partial charge in [-0.25, -0.2) is 4.39 Å². The van der Waals surface area contributed by atoms with Crippen molar-refractivity contribution in [2.75, 3.05) is 33.4 Å². The summed E-state index contributed by atoms with van der Waals surface area (Å²) in [4.78, 5) is 6.87. The molecule has 0 radical (unpaired) electrons. The average Bonchev–Trinajstić information content (AvgIpc) is 2.75. The number of nitrogens with one attached hydrogen (secondary N) is 1. The van der Waals surface area contributed by atoms with Crippen LogP contribution in [0.15, 0.2) is 53.5 Å². The van der Waals surface area contributed by atoms with E-state index in [0.717, 1.165) is 58.1 Å². The second-order valence-electron chi connectivity index (χ2n) is 7.74. The minimum Gasteiger partial charge on any atom is -0.381 e. The fraction of sp³-hybridized carbons (Fsp3) is 0.435. The lowest BCUT2D eigenvalue weighted by Crippen LogP contribution is -2.50. The molecule has 1 fully saturated rings. The van der Waals surface area contributed by atoms with E-state index in [1.807, 2.05) is 19.2 Å². The van der Waals surface area contributed by atoms with Crippen LogP contribution in [0.3, 0.4) is 0 Å². The summed E-state index contributed by atoms with van der Waals surface area (Å²) in [6.07, 6.45) is 2.88. The van der Waals surface area contributed by atoms with Crippen molar-refractivity contribution in [3.8, 4) is 0 Å². The lowest BCUT2D eigenvalue weighted by atomic mass is 9.74. The van der Waals surface area contributed by atoms with Gasteiger partial charge in [0.25, 0.3) is 0 Å². The summed E-state index contributed by atoms with van der Waals surface area (Å²) in [5, 5.41) is 3.62. The number of nitrogens with zero attached hydrogens (tertiary/aromatic N) is 2. The van der Waals surface area contributed by atoms with E-state index in [1.165, 1.54) is 16.7 Å². The van der Waals surface area contributed by atoms with Gasteiger partial charge in [0, 0.05) is 45.3 Å². The molecule has 1 N–H and O–H groups in total. The Morgan fingerprint density at radius 2 is 1.79 bits per heavy atom. The normalized spacial score (nSPS) is 18.6. The molecule has 6 heteroatoms. The van der Waals surface area contributed by atoms with Gasteiger partial charge in [0.1, 0.15) is 5.82 Å². The maximum atomic E-state index is 13.4. The van der Waals surface area contributed by atoms with E-state index in [4.69, 9.17) is 4.74 Å². The third-order valence-electron chi connectivity index (χ3n) is 6.13. The van der Waals surface area contributed by atoms with E-state index in [-0.39, 0.29) is 35.2 Å². The molecule has 0 aromatic heterocycles. The third kappa shape index (κ3) is 4.91. The highest BCUT2D eigenvalue weighted by molar-refractivity contribution is 14.0. The molecule has 4 rings (SSSR count). The van der Waals surface area contributed by atoms with Gasteiger partial charge >= 0.3 is 0 Å². The van der Waals surface area contributed by atoms with Crippen molar-refractivity contribution in [3.63, 3.8) is 0 Å². The Labute approximate surface area is 189 Å². The number of aliphatic imine (C=N–C) groups is 1. The molecule has 2 aromatic rings. The lowest BCUT2D eigenvalue weighted by Gasteiger charge is -2.40. The van der Waals surface area contributed by atoms with Crippen LogP contribution in [0.5, 0.6) is 0 Å². The number of benzene rings is 2. The Morgan fingerprint density at radius 3 is 2.48 bits per heavy atom. The fourth-order valence-corrected chi connectivity index (χ4v) is 4.39. The Morgan fingerprint density at radius 1 is 1.10 bits per heavy atom. The van der Waals surface area contributed by atoms with Crippen LogP contribution in [0.1, 0.15) is 29.5 Å². The van der Waals surface area contributed by atoms with Crippen LogP contribution in [0.4, 0.5) is 4.39 Å². The summed E-state index contributed by atoms with van der Waals surface area (Å²) >= 11 is 0. The van der Waals surface area contributed by atoms with Gasteiger partial charge in [-0.15, -0.1) is 24.0 Å². The summed E-state index contributed by atoms with van der Waals surface area (Å²) in [6, 6.07) is 15.6. The van der Waals surface area contributed by atoms with Crippen LogP contribution in [-0.2, 0) is 23.1 Å². The quantitative estimate of drug-likeness (QED) is 0.384. The van der Waals surface area contributed by atoms with Crippen molar-refractivity contribution in [2.24, 2.45) is 4.99 Å². The van der Waals surface area contributed by atoms with Crippen LogP contribution in [0.25, 0.3) is 0 Å². The highest BCUT2D eigenvalue weighted by atomic mass is 127. The molecule has 0 spiro atoms. The molecular weight excluding hydrogens is 480 g/mol. The molecule has 2 aliphatic rings. The first-order chi connectivity index (χ1) is 13.7. The van der Waals surface area contributed by atoms with Gasteiger partial charge in [0.05, 0.1) is 0 Å². The van der Waals surface area contributed by atoms with Gasteiger partial charge in [0.2, 0.25) is 0 Å². The predicted molar refractivity (Wildman–Crippen MR) is 125 cm³/mol. The zero-order valence-electron chi connectivity index (χ0n) is 16.9. The zero-order chi connectivity index (χ0) is 19.4. The Balaban J connectivity index is 0.00000240. The van der Waals surface area contributed by atoms with Crippen molar-refractivity contribution in [1.82, 2.24) is 10.2 Å². The second kappa shape index (κ2) is 9.89. The number of fused-ring (bicyclic) bond motifs is 1. The second-order valence-corrected chi connectivity index (χ2v) is 7.74. The Kier molecular flexibility index (Phi) is 7.51. The number of hydrogen-bond donors (Lipinski definition) is 1. The first-order valence-corrected chi connectivity index (χ1v) is 10.1. The van der Waals surface area contributed by atoms with E-state index in [9.17, 15) is 4.39 Å². The fourth-order valence-electron chi connectivity index (χ4n) is 4.39. The minimum atomic E-state index is -0.193. The van der Waals surface area contributed by atoms with E-state index in [0.29, 0.717) is 0 Å². The summed E-state index contributed by atoms with van der Waals surface area (Å²) < 4.78 is 19.1. The Bertz CT molecular complexity index is 834. The van der Waals surface area contributed by atoms with Crippen molar-refractivity contribution < 1.29 is 9.13 Å². The van der Waals surface area contributed by atoms with Crippen molar-refractivity contribution in [3.05, 3.63) is 71.0 Å². The van der Waals surface area contributed by atoms with Gasteiger partial charge in [-0.05, 0) is 48.1 Å². The van der Waals surface area contributed by atoms with Gasteiger partial charge in [-0.2, -0.15) is 0 Å². The number of ether oxygens (including phenoxy) is 1. The standard InChI is InChI=1S/C23H28FN3O.HI/c1-25-22(27-13-10-18-4-2-3-5-19(18)16-27)26-17-23(11-14-28-15-12-23)20-6-8-21(24)9-7-20;/h2-9H,10-17H2,1H3,(H,25,26);1H. The highest BCUT2D eigenvalue weighted by Crippen LogP contribution is 2.34. The zero-order valence-corrected chi connectivity index (χ0v) is 19.2. The predicted octanol–water partition coefficient (Wildman–Crippen LogP) is 4.13. The van der Waals surface area contributed by atoms with Crippen LogP contribution in [0.2, 0.25) is 0 Å². The van der Waals surface area contributed by atoms with Crippen LogP contribution >= 0.6 is 24.0 Å². The topological polar surface area (TPSA) is 36.9 Å². The molecule has 2 aliphatic heterocycles. The molecule has 29 heavy (non-hydrogen) atoms. The molecule has 0 atom stereocenters. The molecule has 4 nitrogen and oxygen atoms in total. The third-order valence-corrected chi connectivity index (χ3v) is 6.13. The molecular formula is C23H29FIN3O. The molecule has 0 aliphatic carbocycles. The molecule has 2 heterocycles. The van der Waals surface area contributed by atoms with Gasteiger partial charge < -0.3 is 15.0 Å². The van der Waals surface area contributed by atoms with E-state index >= 15 is 0 Å². The highest BCUT2D eigenvalue weighted by Gasteiger charge is 2.35. The van der Waals surface area contributed by atoms with Crippen molar-refractivity contribution in [2.45, 2.75) is 31.2 Å². The molecule has 0 amide bonds. The largest absolute Gasteiger partial charge is 0.381 e. The monoisotopic (exact) mass is 509 g/mol. The maximum absolute atomic E-state index is 13.4. The number of guanidine groups is 1. The SMILES string of the molecule is CN=C(NCC1(c2ccc(F)cc2)CCOCC1)N1CCc2ccccc2C1.I. The molecule has 1 saturated heterocycles. The lowest BCUT2D eigenvalue weighted by molar-refractivity contribution is 0.0511. The average molecular weight is 509 g/mol. The number of halogens is 2. The smallest absolute Gasteiger partial charge is 0.193 e. The number of rotatable bonds is 3. The number of hydrogen-bond acceptors (Lipinski definition) is 2. The molecule has 0 unspecified atom stereocenters. The minimum absolute atomic E-state index is 0.